The van der Waals surface area contributed by atoms with Gasteiger partial charge in [-0.15, -0.1) is 0 Å². The first-order valence-corrected chi connectivity index (χ1v) is 13.1. The summed E-state index contributed by atoms with van der Waals surface area (Å²) in [6, 6.07) is 22.4. The molecule has 0 aliphatic carbocycles. The molecule has 0 amide bonds. The number of carboxylic acid groups (broad SMARTS) is 1. The summed E-state index contributed by atoms with van der Waals surface area (Å²) in [7, 11) is 0. The number of nitrogens with one attached hydrogen (secondary N) is 1. The molecule has 3 aromatic carbocycles. The first kappa shape index (κ1) is 27.6. The summed E-state index contributed by atoms with van der Waals surface area (Å²) in [5, 5.41) is 12.6. The zero-order valence-corrected chi connectivity index (χ0v) is 22.8. The lowest BCUT2D eigenvalue weighted by molar-refractivity contribution is -0.139. The normalized spacial score (nSPS) is 11.7. The number of rotatable bonds is 12. The monoisotopic (exact) mass is 595 g/mol. The van der Waals surface area contributed by atoms with Crippen molar-refractivity contribution in [1.29, 1.82) is 0 Å². The highest BCUT2D eigenvalue weighted by Gasteiger charge is 2.18. The lowest BCUT2D eigenvalue weighted by Crippen LogP contribution is -2.42. The molecular weight excluding hydrogens is 570 g/mol. The minimum absolute atomic E-state index is 0.0486. The summed E-state index contributed by atoms with van der Waals surface area (Å²) in [5.74, 6) is -0.0686. The van der Waals surface area contributed by atoms with E-state index in [0.29, 0.717) is 22.1 Å². The van der Waals surface area contributed by atoms with Gasteiger partial charge in [-0.3, -0.25) is 15.1 Å². The minimum atomic E-state index is -1.03. The Bertz CT molecular complexity index is 1370. The van der Waals surface area contributed by atoms with Crippen molar-refractivity contribution in [3.63, 3.8) is 0 Å². The Morgan fingerprint density at radius 3 is 2.50 bits per heavy atom. The molecule has 7 nitrogen and oxygen atoms in total. The van der Waals surface area contributed by atoms with Crippen LogP contribution in [0.5, 0.6) is 11.5 Å². The standard InChI is InChI=1S/C29H27BrClN3O4/c30-28-21(9-4-10-23(28)20-7-2-1-3-8-20)18-38-27-13-26(37-17-19-6-5-11-33-15-19)22(12-24(27)31)16-34-25(14-32)29(35)36/h1-13,15,25,34H,14,16-18,32H2,(H,35,36). The molecule has 4 N–H and O–H groups in total. The summed E-state index contributed by atoms with van der Waals surface area (Å²) in [6.07, 6.45) is 3.41. The summed E-state index contributed by atoms with van der Waals surface area (Å²) in [6.45, 7) is 0.689. The summed E-state index contributed by atoms with van der Waals surface area (Å²) in [4.78, 5) is 15.5. The summed E-state index contributed by atoms with van der Waals surface area (Å²) in [5.41, 5.74) is 10.3. The van der Waals surface area contributed by atoms with Crippen LogP contribution in [0.3, 0.4) is 0 Å². The molecule has 4 rings (SSSR count). The van der Waals surface area contributed by atoms with E-state index < -0.39 is 12.0 Å². The van der Waals surface area contributed by atoms with Gasteiger partial charge in [0.15, 0.2) is 0 Å². The number of hydrogen-bond acceptors (Lipinski definition) is 6. The molecule has 1 aromatic heterocycles. The number of benzene rings is 3. The van der Waals surface area contributed by atoms with E-state index in [1.165, 1.54) is 0 Å². The van der Waals surface area contributed by atoms with E-state index in [4.69, 9.17) is 26.8 Å². The van der Waals surface area contributed by atoms with Crippen LogP contribution in [0, 0.1) is 0 Å². The van der Waals surface area contributed by atoms with Gasteiger partial charge in [0.05, 0.1) is 5.02 Å². The number of pyridine rings is 1. The maximum atomic E-state index is 11.4. The van der Waals surface area contributed by atoms with Crippen molar-refractivity contribution in [1.82, 2.24) is 10.3 Å². The molecule has 0 bridgehead atoms. The lowest BCUT2D eigenvalue weighted by Gasteiger charge is -2.18. The average molecular weight is 597 g/mol. The number of carboxylic acids is 1. The second-order valence-corrected chi connectivity index (χ2v) is 9.68. The third-order valence-electron chi connectivity index (χ3n) is 5.85. The number of halogens is 2. The third-order valence-corrected chi connectivity index (χ3v) is 7.08. The fraction of sp³-hybridized carbons (Fsp3) is 0.172. The molecule has 38 heavy (non-hydrogen) atoms. The first-order chi connectivity index (χ1) is 18.5. The fourth-order valence-corrected chi connectivity index (χ4v) is 4.64. The van der Waals surface area contributed by atoms with Gasteiger partial charge in [0, 0.05) is 52.7 Å². The number of aromatic nitrogens is 1. The van der Waals surface area contributed by atoms with Gasteiger partial charge in [0.1, 0.15) is 30.8 Å². The molecule has 1 unspecified atom stereocenters. The second-order valence-electron chi connectivity index (χ2n) is 8.48. The molecule has 196 valence electrons. The Kier molecular flexibility index (Phi) is 9.73. The largest absolute Gasteiger partial charge is 0.488 e. The van der Waals surface area contributed by atoms with Crippen LogP contribution in [-0.4, -0.2) is 28.6 Å². The van der Waals surface area contributed by atoms with Crippen LogP contribution in [0.1, 0.15) is 16.7 Å². The van der Waals surface area contributed by atoms with Gasteiger partial charge in [0.25, 0.3) is 0 Å². The molecule has 0 saturated carbocycles. The van der Waals surface area contributed by atoms with E-state index in [1.807, 2.05) is 48.5 Å². The van der Waals surface area contributed by atoms with Gasteiger partial charge in [-0.25, -0.2) is 0 Å². The highest BCUT2D eigenvalue weighted by Crippen LogP contribution is 2.36. The van der Waals surface area contributed by atoms with E-state index in [9.17, 15) is 9.90 Å². The second kappa shape index (κ2) is 13.4. The molecule has 0 spiro atoms. The zero-order valence-electron chi connectivity index (χ0n) is 20.4. The maximum absolute atomic E-state index is 11.4. The van der Waals surface area contributed by atoms with Gasteiger partial charge in [0.2, 0.25) is 0 Å². The SMILES string of the molecule is NCC(NCc1cc(Cl)c(OCc2cccc(-c3ccccc3)c2Br)cc1OCc1cccnc1)C(=O)O. The van der Waals surface area contributed by atoms with Crippen molar-refractivity contribution in [2.45, 2.75) is 25.8 Å². The summed E-state index contributed by atoms with van der Waals surface area (Å²) < 4.78 is 13.2. The van der Waals surface area contributed by atoms with Crippen molar-refractivity contribution in [3.8, 4) is 22.6 Å². The third kappa shape index (κ3) is 7.11. The molecule has 1 atom stereocenters. The predicted octanol–water partition coefficient (Wildman–Crippen LogP) is 5.82. The highest BCUT2D eigenvalue weighted by molar-refractivity contribution is 9.10. The quantitative estimate of drug-likeness (QED) is 0.189. The Hall–Kier alpha value is -3.43. The molecular formula is C29H27BrClN3O4. The predicted molar refractivity (Wildman–Crippen MR) is 151 cm³/mol. The van der Waals surface area contributed by atoms with Crippen LogP contribution in [0.4, 0.5) is 0 Å². The Balaban J connectivity index is 1.56. The Labute approximate surface area is 234 Å². The Morgan fingerprint density at radius 1 is 1.00 bits per heavy atom. The van der Waals surface area contributed by atoms with Crippen LogP contribution in [0.2, 0.25) is 5.02 Å². The maximum Gasteiger partial charge on any atom is 0.322 e. The number of ether oxygens (including phenoxy) is 2. The molecule has 1 heterocycles. The van der Waals surface area contributed by atoms with Crippen molar-refractivity contribution in [3.05, 3.63) is 111 Å². The van der Waals surface area contributed by atoms with Crippen molar-refractivity contribution >= 4 is 33.5 Å². The van der Waals surface area contributed by atoms with E-state index >= 15 is 0 Å². The number of nitrogens with two attached hydrogens (primary N) is 1. The van der Waals surface area contributed by atoms with E-state index in [-0.39, 0.29) is 26.3 Å². The first-order valence-electron chi connectivity index (χ1n) is 11.9. The van der Waals surface area contributed by atoms with Crippen LogP contribution >= 0.6 is 27.5 Å². The van der Waals surface area contributed by atoms with Crippen LogP contribution in [0.15, 0.2) is 89.7 Å². The van der Waals surface area contributed by atoms with Gasteiger partial charge < -0.3 is 20.3 Å². The smallest absolute Gasteiger partial charge is 0.322 e. The van der Waals surface area contributed by atoms with Crippen LogP contribution < -0.4 is 20.5 Å². The van der Waals surface area contributed by atoms with Gasteiger partial charge in [-0.2, -0.15) is 0 Å². The van der Waals surface area contributed by atoms with Crippen molar-refractivity contribution < 1.29 is 19.4 Å². The molecule has 0 aliphatic rings. The molecule has 9 heteroatoms. The van der Waals surface area contributed by atoms with E-state index in [1.54, 1.807) is 24.5 Å². The van der Waals surface area contributed by atoms with Gasteiger partial charge in [-0.05, 0) is 39.2 Å². The number of aliphatic carboxylic acids is 1. The molecule has 0 radical (unpaired) electrons. The number of carbonyl (C=O) groups is 1. The fourth-order valence-electron chi connectivity index (χ4n) is 3.80. The van der Waals surface area contributed by atoms with E-state index in [0.717, 1.165) is 26.7 Å². The minimum Gasteiger partial charge on any atom is -0.488 e. The molecule has 0 fully saturated rings. The Morgan fingerprint density at radius 2 is 1.79 bits per heavy atom. The van der Waals surface area contributed by atoms with Crippen LogP contribution in [-0.2, 0) is 24.6 Å². The van der Waals surface area contributed by atoms with Crippen LogP contribution in [0.25, 0.3) is 11.1 Å². The highest BCUT2D eigenvalue weighted by atomic mass is 79.9. The average Bonchev–Trinajstić information content (AvgIpc) is 2.93. The summed E-state index contributed by atoms with van der Waals surface area (Å²) >= 11 is 10.3. The van der Waals surface area contributed by atoms with Gasteiger partial charge in [-0.1, -0.05) is 66.2 Å². The molecule has 0 aliphatic heterocycles. The van der Waals surface area contributed by atoms with Crippen molar-refractivity contribution in [2.75, 3.05) is 6.54 Å². The lowest BCUT2D eigenvalue weighted by atomic mass is 10.0. The number of hydrogen-bond donors (Lipinski definition) is 3. The molecule has 0 saturated heterocycles. The van der Waals surface area contributed by atoms with Crippen molar-refractivity contribution in [2.24, 2.45) is 5.73 Å². The molecule has 4 aromatic rings. The zero-order chi connectivity index (χ0) is 26.9. The van der Waals surface area contributed by atoms with E-state index in [2.05, 4.69) is 38.4 Å². The topological polar surface area (TPSA) is 107 Å². The van der Waals surface area contributed by atoms with Gasteiger partial charge >= 0.3 is 5.97 Å². The number of nitrogens with zero attached hydrogens (tertiary/aromatic N) is 1.